The molecule has 150 valence electrons. The van der Waals surface area contributed by atoms with Crippen molar-refractivity contribution in [2.24, 2.45) is 10.9 Å². The summed E-state index contributed by atoms with van der Waals surface area (Å²) in [4.78, 5) is 43.2. The Morgan fingerprint density at radius 2 is 2.17 bits per heavy atom. The second-order valence-electron chi connectivity index (χ2n) is 6.26. The molecular weight excluding hydrogens is 392 g/mol. The average Bonchev–Trinajstić information content (AvgIpc) is 3.18. The number of ether oxygens (including phenoxy) is 1. The van der Waals surface area contributed by atoms with Crippen molar-refractivity contribution >= 4 is 40.4 Å². The van der Waals surface area contributed by atoms with E-state index in [1.807, 2.05) is 24.3 Å². The molecule has 0 bridgehead atoms. The van der Waals surface area contributed by atoms with Crippen LogP contribution in [0.5, 0.6) is 5.75 Å². The van der Waals surface area contributed by atoms with Crippen LogP contribution in [0.25, 0.3) is 0 Å². The third-order valence-electron chi connectivity index (χ3n) is 4.13. The molecule has 1 aliphatic rings. The van der Waals surface area contributed by atoms with E-state index in [9.17, 15) is 14.4 Å². The van der Waals surface area contributed by atoms with Gasteiger partial charge in [0.25, 0.3) is 5.91 Å². The highest BCUT2D eigenvalue weighted by molar-refractivity contribution is 7.13. The molecule has 1 atom stereocenters. The van der Waals surface area contributed by atoms with E-state index < -0.39 is 5.92 Å². The maximum Gasteiger partial charge on any atom is 0.269 e. The first kappa shape index (κ1) is 20.4. The summed E-state index contributed by atoms with van der Waals surface area (Å²) in [5, 5.41) is 7.81. The Morgan fingerprint density at radius 1 is 1.31 bits per heavy atom. The standard InChI is InChI=1S/C20H20N4O4S/c1-28-16-4-2-3-13(9-16)10-21-18(26)8-6-15-12-29-20(23-15)24-19(27)14-5-7-17(25)22-11-14/h2-5,7,9,11-12,14H,6,8,10H2,1H3,(H,21,26)(H,23,24,27). The van der Waals surface area contributed by atoms with Crippen LogP contribution in [0.4, 0.5) is 5.13 Å². The summed E-state index contributed by atoms with van der Waals surface area (Å²) in [6, 6.07) is 7.51. The lowest BCUT2D eigenvalue weighted by Crippen LogP contribution is -2.24. The van der Waals surface area contributed by atoms with Crippen LogP contribution >= 0.6 is 11.3 Å². The fraction of sp³-hybridized carbons (Fsp3) is 0.250. The molecule has 8 nitrogen and oxygen atoms in total. The molecule has 0 radical (unpaired) electrons. The summed E-state index contributed by atoms with van der Waals surface area (Å²) in [6.45, 7) is 0.424. The number of hydrogen-bond acceptors (Lipinski definition) is 6. The van der Waals surface area contributed by atoms with Gasteiger partial charge in [0.2, 0.25) is 11.8 Å². The number of nitrogens with one attached hydrogen (secondary N) is 2. The van der Waals surface area contributed by atoms with Gasteiger partial charge >= 0.3 is 0 Å². The molecule has 0 saturated heterocycles. The number of nitrogens with zero attached hydrogens (tertiary/aromatic N) is 2. The number of anilines is 1. The van der Waals surface area contributed by atoms with E-state index in [4.69, 9.17) is 4.74 Å². The Balaban J connectivity index is 1.43. The molecule has 0 spiro atoms. The molecule has 29 heavy (non-hydrogen) atoms. The highest BCUT2D eigenvalue weighted by atomic mass is 32.1. The van der Waals surface area contributed by atoms with Gasteiger partial charge in [0.1, 0.15) is 5.75 Å². The van der Waals surface area contributed by atoms with Gasteiger partial charge in [-0.25, -0.2) is 9.98 Å². The van der Waals surface area contributed by atoms with Crippen molar-refractivity contribution in [3.63, 3.8) is 0 Å². The number of methoxy groups -OCH3 is 1. The van der Waals surface area contributed by atoms with E-state index in [1.54, 1.807) is 12.5 Å². The number of hydrogen-bond donors (Lipinski definition) is 2. The van der Waals surface area contributed by atoms with Crippen molar-refractivity contribution < 1.29 is 19.1 Å². The molecular formula is C20H20N4O4S. The van der Waals surface area contributed by atoms with Crippen LogP contribution in [0.15, 0.2) is 46.8 Å². The van der Waals surface area contributed by atoms with Crippen molar-refractivity contribution in [2.45, 2.75) is 19.4 Å². The van der Waals surface area contributed by atoms with Crippen LogP contribution in [0, 0.1) is 5.92 Å². The lowest BCUT2D eigenvalue weighted by atomic mass is 10.1. The SMILES string of the molecule is COc1cccc(CNC(=O)CCc2csc(NC(=O)C3C=CC(=O)N=C3)n2)c1. The number of rotatable bonds is 8. The molecule has 2 aromatic rings. The van der Waals surface area contributed by atoms with Gasteiger partial charge in [-0.2, -0.15) is 0 Å². The van der Waals surface area contributed by atoms with Crippen molar-refractivity contribution in [3.05, 3.63) is 53.1 Å². The summed E-state index contributed by atoms with van der Waals surface area (Å²) in [5.41, 5.74) is 1.68. The summed E-state index contributed by atoms with van der Waals surface area (Å²) in [5.74, 6) is -0.623. The highest BCUT2D eigenvalue weighted by Gasteiger charge is 2.18. The number of aromatic nitrogens is 1. The van der Waals surface area contributed by atoms with Crippen molar-refractivity contribution in [1.82, 2.24) is 10.3 Å². The fourth-order valence-corrected chi connectivity index (χ4v) is 3.32. The van der Waals surface area contributed by atoms with Gasteiger partial charge in [0, 0.05) is 30.6 Å². The largest absolute Gasteiger partial charge is 0.497 e. The number of amides is 3. The number of carbonyl (C=O) groups is 3. The Bertz CT molecular complexity index is 951. The number of benzene rings is 1. The van der Waals surface area contributed by atoms with E-state index in [0.717, 1.165) is 17.0 Å². The maximum absolute atomic E-state index is 12.1. The molecule has 1 aromatic heterocycles. The predicted molar refractivity (Wildman–Crippen MR) is 110 cm³/mol. The Kier molecular flexibility index (Phi) is 6.85. The van der Waals surface area contributed by atoms with E-state index in [0.29, 0.717) is 24.5 Å². The van der Waals surface area contributed by atoms with Crippen LogP contribution < -0.4 is 15.4 Å². The van der Waals surface area contributed by atoms with Gasteiger partial charge in [0.05, 0.1) is 18.7 Å². The van der Waals surface area contributed by atoms with Crippen LogP contribution in [0.3, 0.4) is 0 Å². The van der Waals surface area contributed by atoms with E-state index >= 15 is 0 Å². The maximum atomic E-state index is 12.1. The third kappa shape index (κ3) is 6.08. The van der Waals surface area contributed by atoms with E-state index in [1.165, 1.54) is 29.7 Å². The van der Waals surface area contributed by atoms with Crippen LogP contribution in [0.1, 0.15) is 17.7 Å². The highest BCUT2D eigenvalue weighted by Crippen LogP contribution is 2.18. The molecule has 9 heteroatoms. The molecule has 2 N–H and O–H groups in total. The number of aryl methyl sites for hydroxylation is 1. The second-order valence-corrected chi connectivity index (χ2v) is 7.12. The predicted octanol–water partition coefficient (Wildman–Crippen LogP) is 2.12. The first-order valence-electron chi connectivity index (χ1n) is 8.95. The Morgan fingerprint density at radius 3 is 2.93 bits per heavy atom. The zero-order chi connectivity index (χ0) is 20.6. The second kappa shape index (κ2) is 9.74. The minimum absolute atomic E-state index is 0.0837. The molecule has 0 fully saturated rings. The summed E-state index contributed by atoms with van der Waals surface area (Å²) in [7, 11) is 1.60. The fourth-order valence-electron chi connectivity index (χ4n) is 2.57. The van der Waals surface area contributed by atoms with Gasteiger partial charge in [-0.1, -0.05) is 18.2 Å². The molecule has 0 aliphatic carbocycles. The zero-order valence-electron chi connectivity index (χ0n) is 15.8. The molecule has 1 aliphatic heterocycles. The molecule has 0 saturated carbocycles. The summed E-state index contributed by atoms with van der Waals surface area (Å²) >= 11 is 1.28. The monoisotopic (exact) mass is 412 g/mol. The third-order valence-corrected chi connectivity index (χ3v) is 4.93. The molecule has 1 unspecified atom stereocenters. The minimum atomic E-state index is -0.595. The first-order chi connectivity index (χ1) is 14.0. The number of aliphatic imine (C=N–C) groups is 1. The quantitative estimate of drug-likeness (QED) is 0.690. The van der Waals surface area contributed by atoms with Crippen molar-refractivity contribution in [2.75, 3.05) is 12.4 Å². The number of carbonyl (C=O) groups excluding carboxylic acids is 3. The zero-order valence-corrected chi connectivity index (χ0v) is 16.6. The van der Waals surface area contributed by atoms with Crippen LogP contribution in [0.2, 0.25) is 0 Å². The van der Waals surface area contributed by atoms with Crippen molar-refractivity contribution in [3.8, 4) is 5.75 Å². The number of thiazole rings is 1. The van der Waals surface area contributed by atoms with Crippen molar-refractivity contribution in [1.29, 1.82) is 0 Å². The number of dihydropyridines is 1. The summed E-state index contributed by atoms with van der Waals surface area (Å²) in [6.07, 6.45) is 4.82. The van der Waals surface area contributed by atoms with Gasteiger partial charge < -0.3 is 15.4 Å². The summed E-state index contributed by atoms with van der Waals surface area (Å²) < 4.78 is 5.16. The lowest BCUT2D eigenvalue weighted by Gasteiger charge is -2.08. The first-order valence-corrected chi connectivity index (χ1v) is 9.82. The average molecular weight is 412 g/mol. The van der Waals surface area contributed by atoms with Gasteiger partial charge in [-0.05, 0) is 24.1 Å². The van der Waals surface area contributed by atoms with Gasteiger partial charge in [-0.3, -0.25) is 14.4 Å². The Labute approximate surface area is 171 Å². The van der Waals surface area contributed by atoms with Gasteiger partial charge in [0.15, 0.2) is 5.13 Å². The molecule has 1 aromatic carbocycles. The van der Waals surface area contributed by atoms with E-state index in [2.05, 4.69) is 20.6 Å². The molecule has 2 heterocycles. The smallest absolute Gasteiger partial charge is 0.269 e. The van der Waals surface area contributed by atoms with Crippen LogP contribution in [-0.2, 0) is 27.3 Å². The van der Waals surface area contributed by atoms with E-state index in [-0.39, 0.29) is 17.7 Å². The molecule has 3 amide bonds. The normalized spacial score (nSPS) is 15.2. The minimum Gasteiger partial charge on any atom is -0.497 e. The Hall–Kier alpha value is -3.33. The molecule has 3 rings (SSSR count). The lowest BCUT2D eigenvalue weighted by molar-refractivity contribution is -0.121. The van der Waals surface area contributed by atoms with Crippen LogP contribution in [-0.4, -0.2) is 36.0 Å². The topological polar surface area (TPSA) is 110 Å². The van der Waals surface area contributed by atoms with Gasteiger partial charge in [-0.15, -0.1) is 11.3 Å².